The van der Waals surface area contributed by atoms with E-state index >= 15 is 0 Å². The lowest BCUT2D eigenvalue weighted by molar-refractivity contribution is 0.0972. The second-order valence-corrected chi connectivity index (χ2v) is 7.38. The molecule has 0 saturated carbocycles. The minimum absolute atomic E-state index is 0.175. The fourth-order valence-corrected chi connectivity index (χ4v) is 3.35. The molecule has 0 aromatic heterocycles. The molecule has 0 radical (unpaired) electrons. The van der Waals surface area contributed by atoms with Crippen molar-refractivity contribution in [3.8, 4) is 11.5 Å². The lowest BCUT2D eigenvalue weighted by Crippen LogP contribution is -2.23. The third kappa shape index (κ3) is 3.71. The number of benzene rings is 2. The highest BCUT2D eigenvalue weighted by Crippen LogP contribution is 2.37. The van der Waals surface area contributed by atoms with Crippen LogP contribution in [0.3, 0.4) is 0 Å². The lowest BCUT2D eigenvalue weighted by atomic mass is 9.83. The van der Waals surface area contributed by atoms with E-state index in [2.05, 4.69) is 31.9 Å². The van der Waals surface area contributed by atoms with Crippen LogP contribution in [0.15, 0.2) is 36.4 Å². The topological polar surface area (TPSA) is 52.6 Å². The van der Waals surface area contributed by atoms with Gasteiger partial charge in [0, 0.05) is 21.8 Å². The molecule has 2 aromatic carbocycles. The molecule has 0 N–H and O–H groups in total. The largest absolute Gasteiger partial charge is 0.493 e. The Morgan fingerprint density at radius 3 is 1.58 bits per heavy atom. The first-order valence-corrected chi connectivity index (χ1v) is 10.7. The number of carbonyl (C=O) groups is 2. The molecule has 0 unspecified atom stereocenters. The Morgan fingerprint density at radius 1 is 0.692 bits per heavy atom. The molecule has 0 spiro atoms. The monoisotopic (exact) mass is 480 g/mol. The van der Waals surface area contributed by atoms with Gasteiger partial charge in [-0.25, -0.2) is 0 Å². The summed E-state index contributed by atoms with van der Waals surface area (Å²) >= 11 is 6.72. The number of ether oxygens (including phenoxy) is 2. The van der Waals surface area contributed by atoms with E-state index in [-0.39, 0.29) is 11.6 Å². The maximum atomic E-state index is 13.2. The number of hydrogen-bond donors (Lipinski definition) is 0. The van der Waals surface area contributed by atoms with E-state index in [1.54, 1.807) is 36.4 Å². The van der Waals surface area contributed by atoms with Crippen LogP contribution in [0.25, 0.3) is 0 Å². The van der Waals surface area contributed by atoms with Gasteiger partial charge in [-0.3, -0.25) is 9.59 Å². The smallest absolute Gasteiger partial charge is 0.201 e. The van der Waals surface area contributed by atoms with Crippen molar-refractivity contribution in [1.29, 1.82) is 0 Å². The van der Waals surface area contributed by atoms with Crippen molar-refractivity contribution in [2.24, 2.45) is 0 Å². The highest BCUT2D eigenvalue weighted by atomic mass is 79.9. The standard InChI is InChI=1S/C20H18Br2O4/c21-9-3-11-25-15-7-1-5-13-17(15)20(24)18-14(19(13)23)6-2-8-16(18)26-12-4-10-22/h1-2,5-8H,3-4,9-12H2. The molecule has 2 aromatic rings. The average Bonchev–Trinajstić information content (AvgIpc) is 2.66. The van der Waals surface area contributed by atoms with Crippen LogP contribution in [0.2, 0.25) is 0 Å². The second-order valence-electron chi connectivity index (χ2n) is 5.80. The summed E-state index contributed by atoms with van der Waals surface area (Å²) in [6.45, 7) is 0.943. The molecule has 0 fully saturated rings. The van der Waals surface area contributed by atoms with Crippen LogP contribution in [0.4, 0.5) is 0 Å². The number of rotatable bonds is 8. The van der Waals surface area contributed by atoms with E-state index in [0.717, 1.165) is 23.5 Å². The summed E-state index contributed by atoms with van der Waals surface area (Å²) in [4.78, 5) is 26.2. The van der Waals surface area contributed by atoms with Gasteiger partial charge in [0.15, 0.2) is 5.78 Å². The molecule has 1 aliphatic carbocycles. The molecule has 4 nitrogen and oxygen atoms in total. The molecule has 3 rings (SSSR count). The van der Waals surface area contributed by atoms with Crippen molar-refractivity contribution in [1.82, 2.24) is 0 Å². The number of hydrogen-bond acceptors (Lipinski definition) is 4. The summed E-state index contributed by atoms with van der Waals surface area (Å²) in [7, 11) is 0. The summed E-state index contributed by atoms with van der Waals surface area (Å²) in [5.74, 6) is 0.496. The first-order valence-electron chi connectivity index (χ1n) is 8.42. The Kier molecular flexibility index (Phi) is 6.48. The predicted octanol–water partition coefficient (Wildman–Crippen LogP) is 4.79. The third-order valence-corrected chi connectivity index (χ3v) is 5.19. The zero-order valence-corrected chi connectivity index (χ0v) is 17.3. The van der Waals surface area contributed by atoms with E-state index in [0.29, 0.717) is 47.0 Å². The molecule has 136 valence electrons. The van der Waals surface area contributed by atoms with Gasteiger partial charge in [0.2, 0.25) is 5.78 Å². The van der Waals surface area contributed by atoms with Crippen LogP contribution in [-0.2, 0) is 0 Å². The van der Waals surface area contributed by atoms with Crippen molar-refractivity contribution in [2.45, 2.75) is 12.8 Å². The highest BCUT2D eigenvalue weighted by molar-refractivity contribution is 9.09. The molecule has 0 atom stereocenters. The lowest BCUT2D eigenvalue weighted by Gasteiger charge is -2.22. The molecule has 0 heterocycles. The van der Waals surface area contributed by atoms with Crippen molar-refractivity contribution >= 4 is 43.4 Å². The summed E-state index contributed by atoms with van der Waals surface area (Å²) in [6.07, 6.45) is 1.62. The van der Waals surface area contributed by atoms with Gasteiger partial charge >= 0.3 is 0 Å². The normalized spacial score (nSPS) is 12.5. The van der Waals surface area contributed by atoms with Crippen molar-refractivity contribution in [3.05, 3.63) is 58.7 Å². The number of alkyl halides is 2. The minimum atomic E-state index is -0.224. The van der Waals surface area contributed by atoms with Gasteiger partial charge in [-0.05, 0) is 25.0 Å². The summed E-state index contributed by atoms with van der Waals surface area (Å²) in [5.41, 5.74) is 1.43. The summed E-state index contributed by atoms with van der Waals surface area (Å²) in [6, 6.07) is 10.3. The zero-order valence-electron chi connectivity index (χ0n) is 14.1. The molecular formula is C20H18Br2O4. The van der Waals surface area contributed by atoms with Crippen LogP contribution >= 0.6 is 31.9 Å². The SMILES string of the molecule is O=C1c2cccc(OCCCBr)c2C(=O)c2c(OCCCBr)cccc21. The molecule has 6 heteroatoms. The Balaban J connectivity index is 2.02. The van der Waals surface area contributed by atoms with E-state index in [1.807, 2.05) is 0 Å². The van der Waals surface area contributed by atoms with Gasteiger partial charge in [0.25, 0.3) is 0 Å². The van der Waals surface area contributed by atoms with Gasteiger partial charge < -0.3 is 9.47 Å². The Hall–Kier alpha value is -1.66. The van der Waals surface area contributed by atoms with Crippen LogP contribution in [-0.4, -0.2) is 35.4 Å². The van der Waals surface area contributed by atoms with Gasteiger partial charge in [-0.15, -0.1) is 0 Å². The van der Waals surface area contributed by atoms with Gasteiger partial charge in [0.1, 0.15) is 11.5 Å². The molecule has 0 bridgehead atoms. The molecule has 0 aliphatic heterocycles. The van der Waals surface area contributed by atoms with E-state index in [9.17, 15) is 9.59 Å². The van der Waals surface area contributed by atoms with Crippen molar-refractivity contribution < 1.29 is 19.1 Å². The third-order valence-electron chi connectivity index (χ3n) is 4.07. The van der Waals surface area contributed by atoms with Crippen molar-refractivity contribution in [3.63, 3.8) is 0 Å². The highest BCUT2D eigenvalue weighted by Gasteiger charge is 2.34. The molecule has 1 aliphatic rings. The number of carbonyl (C=O) groups excluding carboxylic acids is 2. The number of ketones is 2. The van der Waals surface area contributed by atoms with Gasteiger partial charge in [0.05, 0.1) is 24.3 Å². The molecule has 26 heavy (non-hydrogen) atoms. The molecular weight excluding hydrogens is 464 g/mol. The first kappa shape index (κ1) is 19.1. The summed E-state index contributed by atoms with van der Waals surface area (Å²) in [5, 5.41) is 1.62. The van der Waals surface area contributed by atoms with E-state index in [4.69, 9.17) is 9.47 Å². The van der Waals surface area contributed by atoms with E-state index in [1.165, 1.54) is 0 Å². The zero-order chi connectivity index (χ0) is 18.5. The average molecular weight is 482 g/mol. The van der Waals surface area contributed by atoms with Gasteiger partial charge in [-0.1, -0.05) is 56.1 Å². The van der Waals surface area contributed by atoms with Crippen LogP contribution in [0.1, 0.15) is 44.7 Å². The molecule has 0 amide bonds. The molecule has 0 saturated heterocycles. The van der Waals surface area contributed by atoms with Crippen molar-refractivity contribution in [2.75, 3.05) is 23.9 Å². The predicted molar refractivity (Wildman–Crippen MR) is 108 cm³/mol. The maximum Gasteiger partial charge on any atom is 0.201 e. The van der Waals surface area contributed by atoms with Gasteiger partial charge in [-0.2, -0.15) is 0 Å². The fourth-order valence-electron chi connectivity index (χ4n) is 2.89. The Labute approximate surface area is 169 Å². The minimum Gasteiger partial charge on any atom is -0.493 e. The Morgan fingerprint density at radius 2 is 1.15 bits per heavy atom. The fraction of sp³-hybridized carbons (Fsp3) is 0.300. The first-order chi connectivity index (χ1) is 12.7. The quantitative estimate of drug-likeness (QED) is 0.343. The number of fused-ring (bicyclic) bond motifs is 2. The summed E-state index contributed by atoms with van der Waals surface area (Å²) < 4.78 is 11.5. The van der Waals surface area contributed by atoms with Crippen LogP contribution in [0, 0.1) is 0 Å². The Bertz CT molecular complexity index is 767. The van der Waals surface area contributed by atoms with E-state index < -0.39 is 0 Å². The van der Waals surface area contributed by atoms with Crippen LogP contribution in [0.5, 0.6) is 11.5 Å². The second kappa shape index (κ2) is 8.82. The van der Waals surface area contributed by atoms with Crippen LogP contribution < -0.4 is 9.47 Å². The maximum absolute atomic E-state index is 13.2. The number of halogens is 2.